The summed E-state index contributed by atoms with van der Waals surface area (Å²) in [7, 11) is 1.61. The molecule has 0 aliphatic carbocycles. The number of benzene rings is 2. The maximum Gasteiger partial charge on any atom is 0.262 e. The van der Waals surface area contributed by atoms with Crippen LogP contribution >= 0.6 is 11.3 Å². The summed E-state index contributed by atoms with van der Waals surface area (Å²) in [5.41, 5.74) is 1.96. The summed E-state index contributed by atoms with van der Waals surface area (Å²) in [5, 5.41) is 8.21. The number of hydrogen-bond donors (Lipinski definition) is 0. The van der Waals surface area contributed by atoms with Crippen molar-refractivity contribution < 1.29 is 23.5 Å². The zero-order chi connectivity index (χ0) is 27.2. The number of methoxy groups -OCH3 is 1. The maximum atomic E-state index is 14.0. The fourth-order valence-electron chi connectivity index (χ4n) is 4.80. The Morgan fingerprint density at radius 3 is 2.62 bits per heavy atom. The summed E-state index contributed by atoms with van der Waals surface area (Å²) in [6, 6.07) is 16.8. The van der Waals surface area contributed by atoms with Gasteiger partial charge in [-0.2, -0.15) is 5.10 Å². The fourth-order valence-corrected chi connectivity index (χ4v) is 5.52. The normalized spacial score (nSPS) is 17.6. The number of rotatable bonds is 9. The molecule has 2 amide bonds. The minimum atomic E-state index is -0.496. The van der Waals surface area contributed by atoms with E-state index in [1.54, 1.807) is 24.5 Å². The van der Waals surface area contributed by atoms with Crippen molar-refractivity contribution in [3.63, 3.8) is 0 Å². The Labute approximate surface area is 231 Å². The molecule has 8 nitrogen and oxygen atoms in total. The summed E-state index contributed by atoms with van der Waals surface area (Å²) in [6.07, 6.45) is 0.560. The third kappa shape index (κ3) is 6.52. The van der Waals surface area contributed by atoms with Gasteiger partial charge in [-0.3, -0.25) is 14.5 Å². The van der Waals surface area contributed by atoms with Crippen LogP contribution in [0.3, 0.4) is 0 Å². The number of amides is 2. The molecule has 0 bridgehead atoms. The summed E-state index contributed by atoms with van der Waals surface area (Å²) in [5.74, 6) is -0.457. The van der Waals surface area contributed by atoms with Gasteiger partial charge >= 0.3 is 0 Å². The van der Waals surface area contributed by atoms with Crippen LogP contribution in [0.2, 0.25) is 0 Å². The van der Waals surface area contributed by atoms with Gasteiger partial charge < -0.3 is 14.4 Å². The van der Waals surface area contributed by atoms with E-state index in [4.69, 9.17) is 14.6 Å². The highest BCUT2D eigenvalue weighted by Crippen LogP contribution is 2.34. The Bertz CT molecular complexity index is 1310. The molecule has 39 heavy (non-hydrogen) atoms. The molecule has 1 fully saturated rings. The molecule has 0 saturated carbocycles. The highest BCUT2D eigenvalue weighted by molar-refractivity contribution is 7.12. The van der Waals surface area contributed by atoms with Crippen LogP contribution in [0.25, 0.3) is 0 Å². The SMILES string of the molecule is COc1ccc([C@H]2CC(c3cccs3)=NN2C(=O)CN(CCN2CCOCC2)C(=O)c2cccc(F)c2)cc1. The Morgan fingerprint density at radius 1 is 1.13 bits per heavy atom. The molecule has 1 atom stereocenters. The molecule has 2 aromatic carbocycles. The Hall–Kier alpha value is -3.60. The number of hydrogen-bond acceptors (Lipinski definition) is 7. The third-order valence-electron chi connectivity index (χ3n) is 6.95. The molecular formula is C29H31FN4O4S. The van der Waals surface area contributed by atoms with Crippen LogP contribution < -0.4 is 4.74 Å². The second kappa shape index (κ2) is 12.5. The standard InChI is InChI=1S/C29H31FN4O4S/c1-37-24-9-7-21(8-10-24)26-19-25(27-6-3-17-39-27)31-34(26)28(35)20-33(12-11-32-13-15-38-16-14-32)29(36)22-4-2-5-23(30)18-22/h2-10,17-18,26H,11-16,19-20H2,1H3/t26-/m1/s1. The maximum absolute atomic E-state index is 14.0. The molecule has 2 aliphatic rings. The zero-order valence-electron chi connectivity index (χ0n) is 21.8. The largest absolute Gasteiger partial charge is 0.497 e. The second-order valence-corrected chi connectivity index (χ2v) is 10.4. The Morgan fingerprint density at radius 2 is 1.92 bits per heavy atom. The van der Waals surface area contributed by atoms with Gasteiger partial charge in [-0.25, -0.2) is 9.40 Å². The molecule has 204 valence electrons. The van der Waals surface area contributed by atoms with Crippen LogP contribution in [0.1, 0.15) is 33.3 Å². The minimum Gasteiger partial charge on any atom is -0.497 e. The molecule has 3 aromatic rings. The predicted molar refractivity (Wildman–Crippen MR) is 148 cm³/mol. The summed E-state index contributed by atoms with van der Waals surface area (Å²) in [6.45, 7) is 3.52. The van der Waals surface area contributed by atoms with Gasteiger partial charge in [0.15, 0.2) is 0 Å². The first kappa shape index (κ1) is 27.0. The molecule has 0 unspecified atom stereocenters. The van der Waals surface area contributed by atoms with Crippen LogP contribution in [0.5, 0.6) is 5.75 Å². The van der Waals surface area contributed by atoms with Gasteiger partial charge in [-0.1, -0.05) is 24.3 Å². The molecule has 10 heteroatoms. The number of hydrazone groups is 1. The number of carbonyl (C=O) groups excluding carboxylic acids is 2. The van der Waals surface area contributed by atoms with Crippen LogP contribution in [0.4, 0.5) is 4.39 Å². The lowest BCUT2D eigenvalue weighted by Gasteiger charge is -2.31. The van der Waals surface area contributed by atoms with Crippen molar-refractivity contribution in [2.75, 3.05) is 53.0 Å². The molecule has 3 heterocycles. The molecule has 5 rings (SSSR count). The molecule has 1 saturated heterocycles. The summed E-state index contributed by atoms with van der Waals surface area (Å²) >= 11 is 1.57. The van der Waals surface area contributed by atoms with Crippen molar-refractivity contribution in [1.29, 1.82) is 0 Å². The monoisotopic (exact) mass is 550 g/mol. The number of ether oxygens (including phenoxy) is 2. The van der Waals surface area contributed by atoms with Crippen molar-refractivity contribution in [2.45, 2.75) is 12.5 Å². The molecular weight excluding hydrogens is 519 g/mol. The third-order valence-corrected chi connectivity index (χ3v) is 7.87. The molecule has 0 radical (unpaired) electrons. The van der Waals surface area contributed by atoms with Crippen molar-refractivity contribution in [1.82, 2.24) is 14.8 Å². The van der Waals surface area contributed by atoms with Crippen LogP contribution in [-0.2, 0) is 9.53 Å². The minimum absolute atomic E-state index is 0.173. The lowest BCUT2D eigenvalue weighted by molar-refractivity contribution is -0.133. The van der Waals surface area contributed by atoms with Gasteiger partial charge in [0, 0.05) is 38.2 Å². The van der Waals surface area contributed by atoms with E-state index in [9.17, 15) is 14.0 Å². The average Bonchev–Trinajstić information content (AvgIpc) is 3.66. The van der Waals surface area contributed by atoms with E-state index in [-0.39, 0.29) is 24.1 Å². The number of thiophene rings is 1. The smallest absolute Gasteiger partial charge is 0.262 e. The quantitative estimate of drug-likeness (QED) is 0.402. The highest BCUT2D eigenvalue weighted by atomic mass is 32.1. The van der Waals surface area contributed by atoms with Gasteiger partial charge in [0.2, 0.25) is 0 Å². The topological polar surface area (TPSA) is 74.7 Å². The van der Waals surface area contributed by atoms with Crippen molar-refractivity contribution >= 4 is 28.9 Å². The average molecular weight is 551 g/mol. The molecule has 1 aromatic heterocycles. The van der Waals surface area contributed by atoms with Gasteiger partial charge in [0.1, 0.15) is 18.1 Å². The summed E-state index contributed by atoms with van der Waals surface area (Å²) in [4.78, 5) is 32.0. The highest BCUT2D eigenvalue weighted by Gasteiger charge is 2.35. The Kier molecular flexibility index (Phi) is 8.65. The van der Waals surface area contributed by atoms with E-state index >= 15 is 0 Å². The number of carbonyl (C=O) groups is 2. The molecule has 0 spiro atoms. The first-order valence-corrected chi connectivity index (χ1v) is 13.8. The van der Waals surface area contributed by atoms with Gasteiger partial charge in [-0.05, 0) is 47.3 Å². The van der Waals surface area contributed by atoms with Crippen LogP contribution in [-0.4, -0.2) is 85.4 Å². The second-order valence-electron chi connectivity index (χ2n) is 9.45. The van der Waals surface area contributed by atoms with E-state index in [1.165, 1.54) is 28.1 Å². The van der Waals surface area contributed by atoms with E-state index in [2.05, 4.69) is 4.90 Å². The van der Waals surface area contributed by atoms with Crippen LogP contribution in [0, 0.1) is 5.82 Å². The van der Waals surface area contributed by atoms with E-state index < -0.39 is 11.7 Å². The first-order valence-electron chi connectivity index (χ1n) is 12.9. The van der Waals surface area contributed by atoms with Gasteiger partial charge in [-0.15, -0.1) is 11.3 Å². The number of nitrogens with zero attached hydrogens (tertiary/aromatic N) is 4. The lowest BCUT2D eigenvalue weighted by Crippen LogP contribution is -2.46. The molecule has 0 N–H and O–H groups in total. The van der Waals surface area contributed by atoms with Gasteiger partial charge in [0.05, 0.1) is 37.0 Å². The Balaban J connectivity index is 1.39. The molecule has 2 aliphatic heterocycles. The summed E-state index contributed by atoms with van der Waals surface area (Å²) < 4.78 is 24.7. The first-order chi connectivity index (χ1) is 19.0. The van der Waals surface area contributed by atoms with Crippen molar-refractivity contribution in [3.05, 3.63) is 87.9 Å². The fraction of sp³-hybridized carbons (Fsp3) is 0.345. The van der Waals surface area contributed by atoms with E-state index in [1.807, 2.05) is 41.8 Å². The zero-order valence-corrected chi connectivity index (χ0v) is 22.6. The number of morpholine rings is 1. The van der Waals surface area contributed by atoms with Crippen molar-refractivity contribution in [2.24, 2.45) is 5.10 Å². The number of halogens is 1. The predicted octanol–water partition coefficient (Wildman–Crippen LogP) is 4.05. The lowest BCUT2D eigenvalue weighted by atomic mass is 10.0. The van der Waals surface area contributed by atoms with E-state index in [0.29, 0.717) is 32.7 Å². The van der Waals surface area contributed by atoms with Gasteiger partial charge in [0.25, 0.3) is 11.8 Å². The van der Waals surface area contributed by atoms with E-state index in [0.717, 1.165) is 35.0 Å². The van der Waals surface area contributed by atoms with Crippen LogP contribution in [0.15, 0.2) is 71.1 Å². The van der Waals surface area contributed by atoms with Crippen molar-refractivity contribution in [3.8, 4) is 5.75 Å².